The third-order valence-electron chi connectivity index (χ3n) is 3.48. The molecule has 16 heavy (non-hydrogen) atoms. The molecular formula is C13H17NO2. The molecule has 2 rings (SSSR count). The van der Waals surface area contributed by atoms with Gasteiger partial charge in [0.1, 0.15) is 5.75 Å². The van der Waals surface area contributed by atoms with E-state index in [1.807, 2.05) is 0 Å². The summed E-state index contributed by atoms with van der Waals surface area (Å²) in [6.45, 7) is 2.87. The molecule has 1 amide bonds. The van der Waals surface area contributed by atoms with Gasteiger partial charge in [-0.15, -0.1) is 0 Å². The van der Waals surface area contributed by atoms with E-state index in [4.69, 9.17) is 0 Å². The van der Waals surface area contributed by atoms with Crippen molar-refractivity contribution in [3.05, 3.63) is 29.8 Å². The van der Waals surface area contributed by atoms with Crippen LogP contribution in [0.15, 0.2) is 24.3 Å². The number of amides is 1. The molecule has 86 valence electrons. The zero-order chi connectivity index (χ0) is 11.6. The fraction of sp³-hybridized carbons (Fsp3) is 0.462. The fourth-order valence-corrected chi connectivity index (χ4v) is 1.86. The van der Waals surface area contributed by atoms with Gasteiger partial charge in [-0.1, -0.05) is 19.1 Å². The summed E-state index contributed by atoms with van der Waals surface area (Å²) in [6.07, 6.45) is 3.50. The van der Waals surface area contributed by atoms with Crippen LogP contribution in [0.4, 0.5) is 0 Å². The molecule has 3 heteroatoms. The molecule has 0 spiro atoms. The predicted octanol–water partition coefficient (Wildman–Crippen LogP) is 2.31. The summed E-state index contributed by atoms with van der Waals surface area (Å²) in [6, 6.07) is 6.62. The molecule has 1 aromatic carbocycles. The fourth-order valence-electron chi connectivity index (χ4n) is 1.86. The van der Waals surface area contributed by atoms with Crippen molar-refractivity contribution in [1.82, 2.24) is 5.32 Å². The van der Waals surface area contributed by atoms with Gasteiger partial charge < -0.3 is 10.4 Å². The SMILES string of the molecule is CCC1(CNC(=O)c2ccccc2O)CC1. The first kappa shape index (κ1) is 11.0. The summed E-state index contributed by atoms with van der Waals surface area (Å²) in [4.78, 5) is 11.8. The van der Waals surface area contributed by atoms with Crippen LogP contribution in [0, 0.1) is 5.41 Å². The van der Waals surface area contributed by atoms with E-state index >= 15 is 0 Å². The van der Waals surface area contributed by atoms with E-state index in [9.17, 15) is 9.90 Å². The van der Waals surface area contributed by atoms with E-state index in [1.54, 1.807) is 18.2 Å². The quantitative estimate of drug-likeness (QED) is 0.816. The summed E-state index contributed by atoms with van der Waals surface area (Å²) in [5.74, 6) is -0.140. The molecule has 0 bridgehead atoms. The standard InChI is InChI=1S/C13H17NO2/c1-2-13(7-8-13)9-14-12(16)10-5-3-4-6-11(10)15/h3-6,15H,2,7-9H2,1H3,(H,14,16). The summed E-state index contributed by atoms with van der Waals surface area (Å²) in [5, 5.41) is 12.4. The number of carbonyl (C=O) groups excluding carboxylic acids is 1. The molecule has 0 heterocycles. The number of phenols is 1. The van der Waals surface area contributed by atoms with Gasteiger partial charge in [-0.05, 0) is 36.8 Å². The van der Waals surface area contributed by atoms with Crippen LogP contribution >= 0.6 is 0 Å². The van der Waals surface area contributed by atoms with Crippen molar-refractivity contribution in [2.75, 3.05) is 6.54 Å². The molecule has 1 fully saturated rings. The molecule has 0 atom stereocenters. The van der Waals surface area contributed by atoms with Crippen molar-refractivity contribution in [1.29, 1.82) is 0 Å². The summed E-state index contributed by atoms with van der Waals surface area (Å²) in [7, 11) is 0. The Labute approximate surface area is 95.5 Å². The smallest absolute Gasteiger partial charge is 0.255 e. The predicted molar refractivity (Wildman–Crippen MR) is 62.4 cm³/mol. The van der Waals surface area contributed by atoms with E-state index in [-0.39, 0.29) is 11.7 Å². The lowest BCUT2D eigenvalue weighted by Gasteiger charge is -2.13. The van der Waals surface area contributed by atoms with Gasteiger partial charge in [-0.2, -0.15) is 0 Å². The van der Waals surface area contributed by atoms with Crippen molar-refractivity contribution < 1.29 is 9.90 Å². The number of benzene rings is 1. The molecule has 0 aromatic heterocycles. The minimum Gasteiger partial charge on any atom is -0.507 e. The maximum Gasteiger partial charge on any atom is 0.255 e. The van der Waals surface area contributed by atoms with Gasteiger partial charge in [-0.25, -0.2) is 0 Å². The van der Waals surface area contributed by atoms with Gasteiger partial charge in [0.25, 0.3) is 5.91 Å². The number of carbonyl (C=O) groups is 1. The number of para-hydroxylation sites is 1. The molecule has 0 aliphatic heterocycles. The molecule has 0 radical (unpaired) electrons. The lowest BCUT2D eigenvalue weighted by Crippen LogP contribution is -2.29. The van der Waals surface area contributed by atoms with Crippen LogP contribution in [-0.2, 0) is 0 Å². The number of aromatic hydroxyl groups is 1. The summed E-state index contributed by atoms with van der Waals surface area (Å²) >= 11 is 0. The molecule has 1 aliphatic rings. The maximum atomic E-state index is 11.8. The number of rotatable bonds is 4. The Balaban J connectivity index is 1.96. The third-order valence-corrected chi connectivity index (χ3v) is 3.48. The van der Waals surface area contributed by atoms with Crippen molar-refractivity contribution in [3.8, 4) is 5.75 Å². The highest BCUT2D eigenvalue weighted by Gasteiger charge is 2.40. The molecule has 1 aromatic rings. The van der Waals surface area contributed by atoms with Crippen LogP contribution < -0.4 is 5.32 Å². The molecule has 3 nitrogen and oxygen atoms in total. The Morgan fingerprint density at radius 2 is 2.12 bits per heavy atom. The highest BCUT2D eigenvalue weighted by atomic mass is 16.3. The van der Waals surface area contributed by atoms with Crippen LogP contribution in [0.2, 0.25) is 0 Å². The normalized spacial score (nSPS) is 16.8. The van der Waals surface area contributed by atoms with Gasteiger partial charge in [0.15, 0.2) is 0 Å². The van der Waals surface area contributed by atoms with Crippen LogP contribution in [-0.4, -0.2) is 17.6 Å². The second kappa shape index (κ2) is 4.16. The van der Waals surface area contributed by atoms with E-state index < -0.39 is 0 Å². The minimum absolute atomic E-state index is 0.0429. The Bertz CT molecular complexity index is 397. The lowest BCUT2D eigenvalue weighted by molar-refractivity contribution is 0.0941. The average Bonchev–Trinajstić information content (AvgIpc) is 3.07. The zero-order valence-corrected chi connectivity index (χ0v) is 9.49. The molecule has 1 aliphatic carbocycles. The Morgan fingerprint density at radius 1 is 1.44 bits per heavy atom. The van der Waals surface area contributed by atoms with E-state index in [2.05, 4.69) is 12.2 Å². The number of phenolic OH excluding ortho intramolecular Hbond substituents is 1. The molecule has 2 N–H and O–H groups in total. The molecular weight excluding hydrogens is 202 g/mol. The summed E-state index contributed by atoms with van der Waals surface area (Å²) in [5.41, 5.74) is 0.689. The van der Waals surface area contributed by atoms with Crippen molar-refractivity contribution in [3.63, 3.8) is 0 Å². The van der Waals surface area contributed by atoms with Crippen molar-refractivity contribution in [2.45, 2.75) is 26.2 Å². The van der Waals surface area contributed by atoms with E-state index in [1.165, 1.54) is 18.9 Å². The monoisotopic (exact) mass is 219 g/mol. The highest BCUT2D eigenvalue weighted by Crippen LogP contribution is 2.47. The van der Waals surface area contributed by atoms with E-state index in [0.717, 1.165) is 13.0 Å². The molecule has 0 unspecified atom stereocenters. The van der Waals surface area contributed by atoms with Gasteiger partial charge in [0.2, 0.25) is 0 Å². The van der Waals surface area contributed by atoms with Crippen LogP contribution in [0.25, 0.3) is 0 Å². The Hall–Kier alpha value is -1.51. The van der Waals surface area contributed by atoms with Gasteiger partial charge in [-0.3, -0.25) is 4.79 Å². The van der Waals surface area contributed by atoms with Crippen molar-refractivity contribution >= 4 is 5.91 Å². The minimum atomic E-state index is -0.183. The molecule has 0 saturated heterocycles. The number of hydrogen-bond acceptors (Lipinski definition) is 2. The Kier molecular flexibility index (Phi) is 2.86. The first-order chi connectivity index (χ1) is 7.67. The highest BCUT2D eigenvalue weighted by molar-refractivity contribution is 5.96. The van der Waals surface area contributed by atoms with Crippen LogP contribution in [0.5, 0.6) is 5.75 Å². The largest absolute Gasteiger partial charge is 0.507 e. The molecule has 1 saturated carbocycles. The second-order valence-electron chi connectivity index (χ2n) is 4.55. The van der Waals surface area contributed by atoms with Crippen molar-refractivity contribution in [2.24, 2.45) is 5.41 Å². The van der Waals surface area contributed by atoms with Gasteiger partial charge in [0.05, 0.1) is 5.56 Å². The average molecular weight is 219 g/mol. The maximum absolute atomic E-state index is 11.8. The number of nitrogens with one attached hydrogen (secondary N) is 1. The van der Waals surface area contributed by atoms with E-state index in [0.29, 0.717) is 11.0 Å². The van der Waals surface area contributed by atoms with Gasteiger partial charge in [0, 0.05) is 6.54 Å². The zero-order valence-electron chi connectivity index (χ0n) is 9.49. The summed E-state index contributed by atoms with van der Waals surface area (Å²) < 4.78 is 0. The Morgan fingerprint density at radius 3 is 2.69 bits per heavy atom. The second-order valence-corrected chi connectivity index (χ2v) is 4.55. The first-order valence-electron chi connectivity index (χ1n) is 5.73. The van der Waals surface area contributed by atoms with Gasteiger partial charge >= 0.3 is 0 Å². The lowest BCUT2D eigenvalue weighted by atomic mass is 10.0. The van der Waals surface area contributed by atoms with Crippen LogP contribution in [0.1, 0.15) is 36.5 Å². The first-order valence-corrected chi connectivity index (χ1v) is 5.73. The number of hydrogen-bond donors (Lipinski definition) is 2. The third kappa shape index (κ3) is 2.18. The topological polar surface area (TPSA) is 49.3 Å². The van der Waals surface area contributed by atoms with Crippen LogP contribution in [0.3, 0.4) is 0 Å².